The number of ether oxygens (including phenoxy) is 1. The lowest BCUT2D eigenvalue weighted by Gasteiger charge is -2.24. The van der Waals surface area contributed by atoms with Gasteiger partial charge in [-0.25, -0.2) is 0 Å². The minimum Gasteiger partial charge on any atom is -0.494 e. The number of carboxylic acid groups (broad SMARTS) is 1. The van der Waals surface area contributed by atoms with Crippen LogP contribution in [0.2, 0.25) is 0 Å². The van der Waals surface area contributed by atoms with Crippen molar-refractivity contribution in [3.63, 3.8) is 0 Å². The Hall–Kier alpha value is -2.83. The molecule has 24 heavy (non-hydrogen) atoms. The summed E-state index contributed by atoms with van der Waals surface area (Å²) in [4.78, 5) is 35.4. The van der Waals surface area contributed by atoms with Crippen molar-refractivity contribution in [3.05, 3.63) is 42.0 Å². The molecule has 7 heteroatoms. The highest BCUT2D eigenvalue weighted by molar-refractivity contribution is 5.96. The molecule has 0 fully saturated rings. The number of carbonyl (C=O) groups is 3. The van der Waals surface area contributed by atoms with Gasteiger partial charge in [-0.1, -0.05) is 12.2 Å². The maximum atomic E-state index is 12.1. The summed E-state index contributed by atoms with van der Waals surface area (Å²) in [7, 11) is 0. The van der Waals surface area contributed by atoms with E-state index in [2.05, 4.69) is 10.9 Å². The molecule has 0 aliphatic heterocycles. The predicted octanol–water partition coefficient (Wildman–Crippen LogP) is 1.51. The number of carbonyl (C=O) groups excluding carboxylic acids is 2. The summed E-state index contributed by atoms with van der Waals surface area (Å²) in [6.07, 6.45) is 4.17. The lowest BCUT2D eigenvalue weighted by atomic mass is 9.82. The molecule has 2 rings (SSSR count). The molecule has 0 aromatic heterocycles. The number of aliphatic carboxylic acids is 1. The molecular formula is C17H20N2O5. The Bertz CT molecular complexity index is 639. The number of carboxylic acids is 1. The van der Waals surface area contributed by atoms with E-state index >= 15 is 0 Å². The quantitative estimate of drug-likeness (QED) is 0.560. The van der Waals surface area contributed by atoms with E-state index in [1.165, 1.54) is 0 Å². The molecule has 128 valence electrons. The first-order valence-electron chi connectivity index (χ1n) is 7.73. The number of amides is 2. The zero-order chi connectivity index (χ0) is 17.5. The number of hydrazine groups is 1. The minimum absolute atomic E-state index is 0.306. The van der Waals surface area contributed by atoms with Gasteiger partial charge in [0.2, 0.25) is 5.91 Å². The Labute approximate surface area is 139 Å². The maximum absolute atomic E-state index is 12.1. The summed E-state index contributed by atoms with van der Waals surface area (Å²) in [5, 5.41) is 9.17. The largest absolute Gasteiger partial charge is 0.494 e. The Morgan fingerprint density at radius 2 is 1.71 bits per heavy atom. The van der Waals surface area contributed by atoms with Gasteiger partial charge < -0.3 is 9.84 Å². The molecule has 7 nitrogen and oxygen atoms in total. The number of allylic oxidation sites excluding steroid dienone is 2. The molecule has 1 aromatic rings. The summed E-state index contributed by atoms with van der Waals surface area (Å²) < 4.78 is 5.29. The van der Waals surface area contributed by atoms with Crippen molar-refractivity contribution >= 4 is 17.8 Å². The molecule has 0 unspecified atom stereocenters. The normalized spacial score (nSPS) is 19.4. The van der Waals surface area contributed by atoms with Crippen LogP contribution in [-0.2, 0) is 9.59 Å². The lowest BCUT2D eigenvalue weighted by Crippen LogP contribution is -2.47. The molecule has 3 N–H and O–H groups in total. The van der Waals surface area contributed by atoms with Crippen molar-refractivity contribution in [1.82, 2.24) is 10.9 Å². The molecule has 1 aromatic carbocycles. The number of hydrogen-bond donors (Lipinski definition) is 3. The van der Waals surface area contributed by atoms with E-state index in [4.69, 9.17) is 9.84 Å². The topological polar surface area (TPSA) is 105 Å². The third kappa shape index (κ3) is 4.34. The highest BCUT2D eigenvalue weighted by Gasteiger charge is 2.34. The van der Waals surface area contributed by atoms with Gasteiger partial charge in [-0.15, -0.1) is 0 Å². The van der Waals surface area contributed by atoms with Gasteiger partial charge in [-0.05, 0) is 44.0 Å². The number of benzene rings is 1. The van der Waals surface area contributed by atoms with Gasteiger partial charge >= 0.3 is 5.97 Å². The SMILES string of the molecule is CCOc1ccc(C(=O)NNC(=O)[C@H]2CC=CC[C@H]2C(=O)O)cc1. The van der Waals surface area contributed by atoms with Gasteiger partial charge in [0.05, 0.1) is 18.4 Å². The van der Waals surface area contributed by atoms with Crippen LogP contribution in [0.1, 0.15) is 30.1 Å². The molecular weight excluding hydrogens is 312 g/mol. The van der Waals surface area contributed by atoms with Crippen molar-refractivity contribution < 1.29 is 24.2 Å². The maximum Gasteiger partial charge on any atom is 0.307 e. The third-order valence-electron chi connectivity index (χ3n) is 3.81. The Morgan fingerprint density at radius 3 is 2.29 bits per heavy atom. The molecule has 2 amide bonds. The van der Waals surface area contributed by atoms with Crippen LogP contribution < -0.4 is 15.6 Å². The number of rotatable bonds is 5. The first-order valence-corrected chi connectivity index (χ1v) is 7.73. The molecule has 1 aliphatic carbocycles. The Kier molecular flexibility index (Phi) is 5.95. The van der Waals surface area contributed by atoms with Crippen LogP contribution in [0.5, 0.6) is 5.75 Å². The fourth-order valence-corrected chi connectivity index (χ4v) is 2.53. The zero-order valence-electron chi connectivity index (χ0n) is 13.3. The molecule has 0 radical (unpaired) electrons. The summed E-state index contributed by atoms with van der Waals surface area (Å²) in [5.41, 5.74) is 4.98. The number of nitrogens with one attached hydrogen (secondary N) is 2. The summed E-state index contributed by atoms with van der Waals surface area (Å²) in [5.74, 6) is -2.84. The van der Waals surface area contributed by atoms with E-state index in [0.29, 0.717) is 30.8 Å². The molecule has 0 saturated heterocycles. The standard InChI is InChI=1S/C17H20N2O5/c1-2-24-12-9-7-11(8-10-12)15(20)18-19-16(21)13-5-3-4-6-14(13)17(22)23/h3-4,7-10,13-14H,2,5-6H2,1H3,(H,18,20)(H,19,21)(H,22,23)/t13-,14+/m0/s1. The van der Waals surface area contributed by atoms with E-state index in [1.54, 1.807) is 36.4 Å². The van der Waals surface area contributed by atoms with Crippen molar-refractivity contribution in [2.75, 3.05) is 6.61 Å². The van der Waals surface area contributed by atoms with E-state index in [0.717, 1.165) is 0 Å². The van der Waals surface area contributed by atoms with Crippen molar-refractivity contribution in [2.45, 2.75) is 19.8 Å². The van der Waals surface area contributed by atoms with E-state index in [9.17, 15) is 14.4 Å². The second-order valence-corrected chi connectivity index (χ2v) is 5.39. The Morgan fingerprint density at radius 1 is 1.08 bits per heavy atom. The van der Waals surface area contributed by atoms with Crippen LogP contribution in [0.25, 0.3) is 0 Å². The van der Waals surface area contributed by atoms with Crippen molar-refractivity contribution in [2.24, 2.45) is 11.8 Å². The van der Waals surface area contributed by atoms with Crippen LogP contribution in [0, 0.1) is 11.8 Å². The highest BCUT2D eigenvalue weighted by atomic mass is 16.5. The first kappa shape index (κ1) is 17.5. The van der Waals surface area contributed by atoms with Crippen LogP contribution in [-0.4, -0.2) is 29.5 Å². The molecule has 0 saturated carbocycles. The van der Waals surface area contributed by atoms with Crippen LogP contribution in [0.15, 0.2) is 36.4 Å². The first-order chi connectivity index (χ1) is 11.5. The molecule has 0 spiro atoms. The fourth-order valence-electron chi connectivity index (χ4n) is 2.53. The molecule has 1 aliphatic rings. The minimum atomic E-state index is -1.02. The molecule has 0 heterocycles. The molecule has 0 bridgehead atoms. The van der Waals surface area contributed by atoms with Crippen LogP contribution in [0.3, 0.4) is 0 Å². The van der Waals surface area contributed by atoms with Gasteiger partial charge in [-0.3, -0.25) is 25.2 Å². The summed E-state index contributed by atoms with van der Waals surface area (Å²) in [6.45, 7) is 2.39. The van der Waals surface area contributed by atoms with E-state index < -0.39 is 29.6 Å². The summed E-state index contributed by atoms with van der Waals surface area (Å²) in [6, 6.07) is 6.48. The van der Waals surface area contributed by atoms with Gasteiger partial charge in [0.15, 0.2) is 0 Å². The fraction of sp³-hybridized carbons (Fsp3) is 0.353. The van der Waals surface area contributed by atoms with Gasteiger partial charge in [0, 0.05) is 5.56 Å². The van der Waals surface area contributed by atoms with Crippen LogP contribution in [0.4, 0.5) is 0 Å². The van der Waals surface area contributed by atoms with E-state index in [1.807, 2.05) is 6.92 Å². The van der Waals surface area contributed by atoms with Crippen molar-refractivity contribution in [3.8, 4) is 5.75 Å². The third-order valence-corrected chi connectivity index (χ3v) is 3.81. The highest BCUT2D eigenvalue weighted by Crippen LogP contribution is 2.25. The Balaban J connectivity index is 1.91. The van der Waals surface area contributed by atoms with Gasteiger partial charge in [0.1, 0.15) is 5.75 Å². The lowest BCUT2D eigenvalue weighted by molar-refractivity contribution is -0.147. The second kappa shape index (κ2) is 8.14. The van der Waals surface area contributed by atoms with Crippen LogP contribution >= 0.6 is 0 Å². The predicted molar refractivity (Wildman–Crippen MR) is 86.2 cm³/mol. The average molecular weight is 332 g/mol. The number of hydrogen-bond acceptors (Lipinski definition) is 4. The molecule has 2 atom stereocenters. The van der Waals surface area contributed by atoms with Gasteiger partial charge in [-0.2, -0.15) is 0 Å². The van der Waals surface area contributed by atoms with Crippen molar-refractivity contribution in [1.29, 1.82) is 0 Å². The van der Waals surface area contributed by atoms with Gasteiger partial charge in [0.25, 0.3) is 5.91 Å². The van der Waals surface area contributed by atoms with E-state index in [-0.39, 0.29) is 0 Å². The zero-order valence-corrected chi connectivity index (χ0v) is 13.3. The average Bonchev–Trinajstić information content (AvgIpc) is 2.60. The second-order valence-electron chi connectivity index (χ2n) is 5.39. The summed E-state index contributed by atoms with van der Waals surface area (Å²) >= 11 is 0. The smallest absolute Gasteiger partial charge is 0.307 e. The monoisotopic (exact) mass is 332 g/mol.